The number of benzene rings is 2. The van der Waals surface area contributed by atoms with Gasteiger partial charge in [-0.05, 0) is 19.9 Å². The molecule has 154 valence electrons. The van der Waals surface area contributed by atoms with Crippen molar-refractivity contribution < 1.29 is 9.72 Å². The van der Waals surface area contributed by atoms with Gasteiger partial charge in [0.1, 0.15) is 0 Å². The maximum atomic E-state index is 12.4. The van der Waals surface area contributed by atoms with Crippen molar-refractivity contribution in [2.75, 3.05) is 11.1 Å². The molecule has 1 heterocycles. The van der Waals surface area contributed by atoms with Crippen LogP contribution < -0.4 is 5.32 Å². The van der Waals surface area contributed by atoms with Crippen LogP contribution in [0.4, 0.5) is 11.4 Å². The highest BCUT2D eigenvalue weighted by Gasteiger charge is 2.16. The molecule has 0 aliphatic heterocycles. The lowest BCUT2D eigenvalue weighted by atomic mass is 10.1. The van der Waals surface area contributed by atoms with E-state index in [2.05, 4.69) is 22.1 Å². The van der Waals surface area contributed by atoms with Gasteiger partial charge in [-0.3, -0.25) is 19.5 Å². The Morgan fingerprint density at radius 1 is 1.23 bits per heavy atom. The van der Waals surface area contributed by atoms with Gasteiger partial charge in [-0.1, -0.05) is 53.7 Å². The smallest absolute Gasteiger partial charge is 0.274 e. The molecule has 1 aromatic heterocycles. The second-order valence-electron chi connectivity index (χ2n) is 6.67. The third kappa shape index (κ3) is 4.93. The van der Waals surface area contributed by atoms with Gasteiger partial charge in [0.2, 0.25) is 5.91 Å². The van der Waals surface area contributed by atoms with Crippen LogP contribution in [0.3, 0.4) is 0 Å². The van der Waals surface area contributed by atoms with E-state index in [0.29, 0.717) is 28.8 Å². The highest BCUT2D eigenvalue weighted by Crippen LogP contribution is 2.25. The Kier molecular flexibility index (Phi) is 6.63. The number of nitro benzene ring substituents is 1. The summed E-state index contributed by atoms with van der Waals surface area (Å²) < 4.78 is 1.90. The zero-order valence-electron chi connectivity index (χ0n) is 16.7. The standard InChI is InChI=1S/C21H21N5O3S/c1-4-11-25-20(16-8-5-14(2)6-9-16)23-24-21(25)30-13-19(27)22-17-10-7-15(3)18(12-17)26(28)29/h4-10,12H,1,11,13H2,2-3H3,(H,22,27). The van der Waals surface area contributed by atoms with Crippen LogP contribution in [0.5, 0.6) is 0 Å². The molecule has 0 saturated heterocycles. The van der Waals surface area contributed by atoms with Crippen molar-refractivity contribution in [2.24, 2.45) is 0 Å². The van der Waals surface area contributed by atoms with E-state index in [1.807, 2.05) is 35.8 Å². The predicted octanol–water partition coefficient (Wildman–Crippen LogP) is 4.39. The van der Waals surface area contributed by atoms with Crippen LogP contribution in [0, 0.1) is 24.0 Å². The average molecular weight is 423 g/mol. The minimum Gasteiger partial charge on any atom is -0.325 e. The first-order valence-corrected chi connectivity index (χ1v) is 10.2. The Morgan fingerprint density at radius 2 is 1.97 bits per heavy atom. The molecule has 8 nitrogen and oxygen atoms in total. The predicted molar refractivity (Wildman–Crippen MR) is 118 cm³/mol. The molecule has 3 aromatic rings. The first kappa shape index (κ1) is 21.3. The van der Waals surface area contributed by atoms with E-state index in [0.717, 1.165) is 11.1 Å². The number of hydrogen-bond donors (Lipinski definition) is 1. The summed E-state index contributed by atoms with van der Waals surface area (Å²) in [5.41, 5.74) is 2.96. The summed E-state index contributed by atoms with van der Waals surface area (Å²) in [6, 6.07) is 12.6. The zero-order valence-corrected chi connectivity index (χ0v) is 17.5. The van der Waals surface area contributed by atoms with E-state index in [9.17, 15) is 14.9 Å². The Morgan fingerprint density at radius 3 is 2.63 bits per heavy atom. The number of aromatic nitrogens is 3. The van der Waals surface area contributed by atoms with Gasteiger partial charge in [0.05, 0.1) is 10.7 Å². The van der Waals surface area contributed by atoms with Gasteiger partial charge in [0, 0.05) is 29.4 Å². The molecule has 0 radical (unpaired) electrons. The van der Waals surface area contributed by atoms with Gasteiger partial charge in [0.15, 0.2) is 11.0 Å². The molecule has 0 aliphatic carbocycles. The maximum absolute atomic E-state index is 12.4. The number of thioether (sulfide) groups is 1. The molecule has 30 heavy (non-hydrogen) atoms. The summed E-state index contributed by atoms with van der Waals surface area (Å²) >= 11 is 1.24. The fourth-order valence-corrected chi connectivity index (χ4v) is 3.56. The highest BCUT2D eigenvalue weighted by atomic mass is 32.2. The number of carbonyl (C=O) groups is 1. The van der Waals surface area contributed by atoms with Crippen molar-refractivity contribution in [3.05, 3.63) is 76.4 Å². The largest absolute Gasteiger partial charge is 0.325 e. The number of nitrogens with zero attached hydrogens (tertiary/aromatic N) is 4. The van der Waals surface area contributed by atoms with Gasteiger partial charge in [-0.2, -0.15) is 0 Å². The molecular weight excluding hydrogens is 402 g/mol. The zero-order chi connectivity index (χ0) is 21.7. The third-order valence-electron chi connectivity index (χ3n) is 4.36. The first-order valence-electron chi connectivity index (χ1n) is 9.18. The Hall–Kier alpha value is -3.46. The van der Waals surface area contributed by atoms with Gasteiger partial charge >= 0.3 is 0 Å². The molecule has 0 bridgehead atoms. The summed E-state index contributed by atoms with van der Waals surface area (Å²) in [4.78, 5) is 23.0. The second kappa shape index (κ2) is 9.36. The van der Waals surface area contributed by atoms with Gasteiger partial charge in [-0.25, -0.2) is 0 Å². The van der Waals surface area contributed by atoms with E-state index < -0.39 is 4.92 Å². The van der Waals surface area contributed by atoms with Crippen molar-refractivity contribution in [3.63, 3.8) is 0 Å². The summed E-state index contributed by atoms with van der Waals surface area (Å²) in [5.74, 6) is 0.500. The highest BCUT2D eigenvalue weighted by molar-refractivity contribution is 7.99. The minimum absolute atomic E-state index is 0.0334. The monoisotopic (exact) mass is 423 g/mol. The molecule has 2 aromatic carbocycles. The Bertz CT molecular complexity index is 1090. The van der Waals surface area contributed by atoms with Crippen molar-refractivity contribution in [1.29, 1.82) is 0 Å². The van der Waals surface area contributed by atoms with Crippen LogP contribution in [0.15, 0.2) is 60.3 Å². The quantitative estimate of drug-likeness (QED) is 0.249. The second-order valence-corrected chi connectivity index (χ2v) is 7.61. The molecule has 0 fully saturated rings. The summed E-state index contributed by atoms with van der Waals surface area (Å²) in [7, 11) is 0. The van der Waals surface area contributed by atoms with E-state index in [4.69, 9.17) is 0 Å². The lowest BCUT2D eigenvalue weighted by molar-refractivity contribution is -0.385. The molecule has 0 saturated carbocycles. The lowest BCUT2D eigenvalue weighted by Crippen LogP contribution is -2.15. The van der Waals surface area contributed by atoms with Crippen molar-refractivity contribution in [2.45, 2.75) is 25.5 Å². The van der Waals surface area contributed by atoms with E-state index in [1.54, 1.807) is 25.1 Å². The van der Waals surface area contributed by atoms with E-state index in [-0.39, 0.29) is 17.3 Å². The fraction of sp³-hybridized carbons (Fsp3) is 0.190. The van der Waals surface area contributed by atoms with Crippen LogP contribution in [-0.4, -0.2) is 31.3 Å². The fourth-order valence-electron chi connectivity index (χ4n) is 2.82. The van der Waals surface area contributed by atoms with E-state index in [1.165, 1.54) is 17.8 Å². The number of aryl methyl sites for hydroxylation is 2. The number of nitro groups is 1. The number of allylic oxidation sites excluding steroid dienone is 1. The van der Waals surface area contributed by atoms with Crippen LogP contribution >= 0.6 is 11.8 Å². The minimum atomic E-state index is -0.468. The van der Waals surface area contributed by atoms with Crippen LogP contribution in [0.1, 0.15) is 11.1 Å². The Labute approximate surface area is 178 Å². The van der Waals surface area contributed by atoms with Crippen molar-refractivity contribution in [3.8, 4) is 11.4 Å². The molecule has 1 amide bonds. The number of hydrogen-bond acceptors (Lipinski definition) is 6. The van der Waals surface area contributed by atoms with Crippen molar-refractivity contribution >= 4 is 29.0 Å². The van der Waals surface area contributed by atoms with Crippen LogP contribution in [0.25, 0.3) is 11.4 Å². The maximum Gasteiger partial charge on any atom is 0.274 e. The molecule has 3 rings (SSSR count). The SMILES string of the molecule is C=CCn1c(SCC(=O)Nc2ccc(C)c([N+](=O)[O-])c2)nnc1-c1ccc(C)cc1. The van der Waals surface area contributed by atoms with Crippen LogP contribution in [0.2, 0.25) is 0 Å². The third-order valence-corrected chi connectivity index (χ3v) is 5.33. The van der Waals surface area contributed by atoms with Crippen LogP contribution in [-0.2, 0) is 11.3 Å². The van der Waals surface area contributed by atoms with Crippen molar-refractivity contribution in [1.82, 2.24) is 14.8 Å². The Balaban J connectivity index is 1.71. The van der Waals surface area contributed by atoms with Gasteiger partial charge in [0.25, 0.3) is 5.69 Å². The molecule has 0 aliphatic rings. The first-order chi connectivity index (χ1) is 14.4. The summed E-state index contributed by atoms with van der Waals surface area (Å²) in [6.45, 7) is 7.96. The lowest BCUT2D eigenvalue weighted by Gasteiger charge is -2.09. The summed E-state index contributed by atoms with van der Waals surface area (Å²) in [5, 5.41) is 22.8. The van der Waals surface area contributed by atoms with E-state index >= 15 is 0 Å². The molecule has 0 atom stereocenters. The number of amides is 1. The number of carbonyl (C=O) groups excluding carboxylic acids is 1. The average Bonchev–Trinajstić information content (AvgIpc) is 3.11. The summed E-state index contributed by atoms with van der Waals surface area (Å²) in [6.07, 6.45) is 1.75. The molecular formula is C21H21N5O3S. The van der Waals surface area contributed by atoms with Gasteiger partial charge in [-0.15, -0.1) is 16.8 Å². The molecule has 0 spiro atoms. The number of nitrogens with one attached hydrogen (secondary N) is 1. The molecule has 1 N–H and O–H groups in total. The topological polar surface area (TPSA) is 103 Å². The normalized spacial score (nSPS) is 10.6. The number of anilines is 1. The number of rotatable bonds is 8. The molecule has 9 heteroatoms. The van der Waals surface area contributed by atoms with Gasteiger partial charge < -0.3 is 5.32 Å². The molecule has 0 unspecified atom stereocenters.